The lowest BCUT2D eigenvalue weighted by atomic mass is 10.1. The van der Waals surface area contributed by atoms with E-state index in [2.05, 4.69) is 30.8 Å². The number of nitrogens with zero attached hydrogens (tertiary/aromatic N) is 3. The fourth-order valence-corrected chi connectivity index (χ4v) is 2.32. The SMILES string of the molecule is COC(=O)C1CCN(c2ncncc2Br)C1. The molecular weight excluding hydrogens is 274 g/mol. The van der Waals surface area contributed by atoms with Gasteiger partial charge in [-0.25, -0.2) is 9.97 Å². The molecule has 0 N–H and O–H groups in total. The lowest BCUT2D eigenvalue weighted by Crippen LogP contribution is -2.24. The molecule has 86 valence electrons. The molecule has 1 unspecified atom stereocenters. The molecular formula is C10H12BrN3O2. The van der Waals surface area contributed by atoms with Crippen LogP contribution in [-0.2, 0) is 9.53 Å². The van der Waals surface area contributed by atoms with Gasteiger partial charge in [-0.15, -0.1) is 0 Å². The Bertz CT molecular complexity index is 399. The highest BCUT2D eigenvalue weighted by atomic mass is 79.9. The van der Waals surface area contributed by atoms with Crippen molar-refractivity contribution in [2.75, 3.05) is 25.1 Å². The Morgan fingerprint density at radius 2 is 2.50 bits per heavy atom. The Morgan fingerprint density at radius 1 is 1.69 bits per heavy atom. The van der Waals surface area contributed by atoms with E-state index in [9.17, 15) is 4.79 Å². The van der Waals surface area contributed by atoms with E-state index in [0.717, 1.165) is 23.3 Å². The fraction of sp³-hybridized carbons (Fsp3) is 0.500. The number of hydrogen-bond acceptors (Lipinski definition) is 5. The first kappa shape index (κ1) is 11.3. The monoisotopic (exact) mass is 285 g/mol. The van der Waals surface area contributed by atoms with Crippen LogP contribution in [0.2, 0.25) is 0 Å². The van der Waals surface area contributed by atoms with Gasteiger partial charge >= 0.3 is 5.97 Å². The number of esters is 1. The molecule has 0 aliphatic carbocycles. The van der Waals surface area contributed by atoms with Crippen LogP contribution in [0.15, 0.2) is 17.0 Å². The molecule has 2 heterocycles. The molecule has 1 aromatic rings. The van der Waals surface area contributed by atoms with Crippen molar-refractivity contribution in [3.8, 4) is 0 Å². The second kappa shape index (κ2) is 4.78. The van der Waals surface area contributed by atoms with E-state index < -0.39 is 0 Å². The van der Waals surface area contributed by atoms with Gasteiger partial charge in [-0.1, -0.05) is 0 Å². The number of carbonyl (C=O) groups is 1. The van der Waals surface area contributed by atoms with E-state index in [1.807, 2.05) is 0 Å². The zero-order valence-corrected chi connectivity index (χ0v) is 10.5. The third-order valence-corrected chi connectivity index (χ3v) is 3.23. The first-order valence-electron chi connectivity index (χ1n) is 5.00. The minimum absolute atomic E-state index is 0.0492. The molecule has 1 fully saturated rings. The van der Waals surface area contributed by atoms with Gasteiger partial charge in [0.25, 0.3) is 0 Å². The fourth-order valence-electron chi connectivity index (χ4n) is 1.85. The quantitative estimate of drug-likeness (QED) is 0.766. The summed E-state index contributed by atoms with van der Waals surface area (Å²) in [5.41, 5.74) is 0. The zero-order chi connectivity index (χ0) is 11.5. The van der Waals surface area contributed by atoms with Crippen molar-refractivity contribution >= 4 is 27.7 Å². The number of ether oxygens (including phenoxy) is 1. The maximum absolute atomic E-state index is 11.4. The molecule has 2 rings (SSSR count). The number of methoxy groups -OCH3 is 1. The summed E-state index contributed by atoms with van der Waals surface area (Å²) in [6.45, 7) is 1.47. The van der Waals surface area contributed by atoms with Crippen molar-refractivity contribution in [2.24, 2.45) is 5.92 Å². The lowest BCUT2D eigenvalue weighted by Gasteiger charge is -2.17. The molecule has 0 spiro atoms. The van der Waals surface area contributed by atoms with Gasteiger partial charge in [0.15, 0.2) is 0 Å². The topological polar surface area (TPSA) is 55.3 Å². The van der Waals surface area contributed by atoms with Crippen LogP contribution in [0, 0.1) is 5.92 Å². The van der Waals surface area contributed by atoms with Crippen LogP contribution >= 0.6 is 15.9 Å². The molecule has 5 nitrogen and oxygen atoms in total. The van der Waals surface area contributed by atoms with Gasteiger partial charge in [0.05, 0.1) is 17.5 Å². The van der Waals surface area contributed by atoms with Gasteiger partial charge in [-0.05, 0) is 22.4 Å². The number of anilines is 1. The predicted octanol–water partition coefficient (Wildman–Crippen LogP) is 1.24. The highest BCUT2D eigenvalue weighted by molar-refractivity contribution is 9.10. The van der Waals surface area contributed by atoms with Crippen molar-refractivity contribution in [1.82, 2.24) is 9.97 Å². The van der Waals surface area contributed by atoms with Crippen molar-refractivity contribution in [3.05, 3.63) is 17.0 Å². The summed E-state index contributed by atoms with van der Waals surface area (Å²) in [5.74, 6) is 0.640. The van der Waals surface area contributed by atoms with Crippen LogP contribution in [0.1, 0.15) is 6.42 Å². The number of hydrogen-bond donors (Lipinski definition) is 0. The second-order valence-corrected chi connectivity index (χ2v) is 4.50. The average Bonchev–Trinajstić information content (AvgIpc) is 2.78. The normalized spacial score (nSPS) is 19.9. The molecule has 0 saturated carbocycles. The molecule has 16 heavy (non-hydrogen) atoms. The average molecular weight is 286 g/mol. The third-order valence-electron chi connectivity index (χ3n) is 2.67. The van der Waals surface area contributed by atoms with Gasteiger partial charge < -0.3 is 9.64 Å². The van der Waals surface area contributed by atoms with Crippen LogP contribution in [0.5, 0.6) is 0 Å². The summed E-state index contributed by atoms with van der Waals surface area (Å²) in [6.07, 6.45) is 4.02. The van der Waals surface area contributed by atoms with Crippen LogP contribution in [0.3, 0.4) is 0 Å². The number of carbonyl (C=O) groups excluding carboxylic acids is 1. The minimum atomic E-state index is -0.146. The Kier molecular flexibility index (Phi) is 3.38. The predicted molar refractivity (Wildman–Crippen MR) is 62.1 cm³/mol. The van der Waals surface area contributed by atoms with E-state index >= 15 is 0 Å². The highest BCUT2D eigenvalue weighted by Crippen LogP contribution is 2.28. The van der Waals surface area contributed by atoms with Gasteiger partial charge in [-0.2, -0.15) is 0 Å². The molecule has 6 heteroatoms. The summed E-state index contributed by atoms with van der Waals surface area (Å²) in [4.78, 5) is 21.6. The Labute approximate surface area is 102 Å². The van der Waals surface area contributed by atoms with Crippen LogP contribution in [0.4, 0.5) is 5.82 Å². The van der Waals surface area contributed by atoms with Crippen molar-refractivity contribution < 1.29 is 9.53 Å². The van der Waals surface area contributed by atoms with Gasteiger partial charge in [0.1, 0.15) is 12.1 Å². The number of halogens is 1. The maximum atomic E-state index is 11.4. The maximum Gasteiger partial charge on any atom is 0.310 e. The third kappa shape index (κ3) is 2.16. The lowest BCUT2D eigenvalue weighted by molar-refractivity contribution is -0.144. The van der Waals surface area contributed by atoms with E-state index in [4.69, 9.17) is 4.74 Å². The molecule has 1 atom stereocenters. The minimum Gasteiger partial charge on any atom is -0.469 e. The molecule has 1 aliphatic heterocycles. The number of rotatable bonds is 2. The van der Waals surface area contributed by atoms with E-state index in [-0.39, 0.29) is 11.9 Å². The molecule has 1 saturated heterocycles. The second-order valence-electron chi connectivity index (χ2n) is 3.65. The first-order chi connectivity index (χ1) is 7.72. The Morgan fingerprint density at radius 3 is 3.19 bits per heavy atom. The summed E-state index contributed by atoms with van der Waals surface area (Å²) in [6, 6.07) is 0. The Hall–Kier alpha value is -1.17. The largest absolute Gasteiger partial charge is 0.469 e. The van der Waals surface area contributed by atoms with Gasteiger partial charge in [0, 0.05) is 19.3 Å². The van der Waals surface area contributed by atoms with Gasteiger partial charge in [0.2, 0.25) is 0 Å². The van der Waals surface area contributed by atoms with Crippen LogP contribution < -0.4 is 4.90 Å². The van der Waals surface area contributed by atoms with Crippen LogP contribution in [-0.4, -0.2) is 36.1 Å². The summed E-state index contributed by atoms with van der Waals surface area (Å²) in [7, 11) is 1.42. The molecule has 0 bridgehead atoms. The highest BCUT2D eigenvalue weighted by Gasteiger charge is 2.30. The van der Waals surface area contributed by atoms with E-state index in [1.165, 1.54) is 13.4 Å². The molecule has 0 radical (unpaired) electrons. The molecule has 0 aromatic carbocycles. The zero-order valence-electron chi connectivity index (χ0n) is 8.89. The molecule has 1 aliphatic rings. The molecule has 0 amide bonds. The van der Waals surface area contributed by atoms with Crippen molar-refractivity contribution in [3.63, 3.8) is 0 Å². The smallest absolute Gasteiger partial charge is 0.310 e. The first-order valence-corrected chi connectivity index (χ1v) is 5.80. The summed E-state index contributed by atoms with van der Waals surface area (Å²) < 4.78 is 5.59. The summed E-state index contributed by atoms with van der Waals surface area (Å²) >= 11 is 3.40. The van der Waals surface area contributed by atoms with E-state index in [0.29, 0.717) is 6.54 Å². The number of aromatic nitrogens is 2. The van der Waals surface area contributed by atoms with Gasteiger partial charge in [-0.3, -0.25) is 4.79 Å². The summed E-state index contributed by atoms with van der Waals surface area (Å²) in [5, 5.41) is 0. The van der Waals surface area contributed by atoms with Crippen molar-refractivity contribution in [2.45, 2.75) is 6.42 Å². The van der Waals surface area contributed by atoms with E-state index in [1.54, 1.807) is 6.20 Å². The van der Waals surface area contributed by atoms with Crippen molar-refractivity contribution in [1.29, 1.82) is 0 Å². The standard InChI is InChI=1S/C10H12BrN3O2/c1-16-10(15)7-2-3-14(5-7)9-8(11)4-12-6-13-9/h4,6-7H,2-3,5H2,1H3. The Balaban J connectivity index is 2.09. The molecule has 1 aromatic heterocycles. The van der Waals surface area contributed by atoms with Crippen LogP contribution in [0.25, 0.3) is 0 Å².